The number of aliphatic hydroxyl groups excluding tert-OH is 1. The van der Waals surface area contributed by atoms with Gasteiger partial charge in [-0.05, 0) is 23.6 Å². The normalized spacial score (nSPS) is 12.3. The van der Waals surface area contributed by atoms with Gasteiger partial charge in [0.05, 0.1) is 5.92 Å². The van der Waals surface area contributed by atoms with Gasteiger partial charge >= 0.3 is 0 Å². The fourth-order valence-corrected chi connectivity index (χ4v) is 4.17. The Hall–Kier alpha value is -3.31. The maximum absolute atomic E-state index is 12.4. The summed E-state index contributed by atoms with van der Waals surface area (Å²) in [6.07, 6.45) is 5.47. The van der Waals surface area contributed by atoms with Crippen molar-refractivity contribution in [1.29, 1.82) is 0 Å². The summed E-state index contributed by atoms with van der Waals surface area (Å²) in [5.41, 5.74) is 2.40. The zero-order valence-corrected chi connectivity index (χ0v) is 17.6. The van der Waals surface area contributed by atoms with E-state index >= 15 is 0 Å². The van der Waals surface area contributed by atoms with Gasteiger partial charge in [0, 0.05) is 29.7 Å². The molecule has 0 saturated heterocycles. The number of nitrogens with zero attached hydrogens (tertiary/aromatic N) is 1. The number of hydrogen-bond acceptors (Lipinski definition) is 4. The van der Waals surface area contributed by atoms with E-state index < -0.39 is 23.7 Å². The predicted molar refractivity (Wildman–Crippen MR) is 121 cm³/mol. The third kappa shape index (κ3) is 4.14. The zero-order valence-electron chi connectivity index (χ0n) is 17.6. The number of rotatable bonds is 8. The molecule has 2 aromatic carbocycles. The van der Waals surface area contributed by atoms with Crippen molar-refractivity contribution in [3.63, 3.8) is 0 Å². The van der Waals surface area contributed by atoms with Gasteiger partial charge in [0.15, 0.2) is 5.76 Å². The Morgan fingerprint density at radius 1 is 1.03 bits per heavy atom. The average Bonchev–Trinajstić information content (AvgIpc) is 3.16. The summed E-state index contributed by atoms with van der Waals surface area (Å²) in [5, 5.41) is 21.3. The van der Waals surface area contributed by atoms with E-state index in [9.17, 15) is 15.0 Å². The molecular formula is C26H27NO4. The summed E-state index contributed by atoms with van der Waals surface area (Å²) < 4.78 is 8.09. The van der Waals surface area contributed by atoms with Crippen LogP contribution in [0.3, 0.4) is 0 Å². The Balaban J connectivity index is 1.96. The number of unbranched alkanes of at least 4 members (excludes halogenated alkanes) is 2. The van der Waals surface area contributed by atoms with Crippen molar-refractivity contribution in [3.05, 3.63) is 99.7 Å². The summed E-state index contributed by atoms with van der Waals surface area (Å²) >= 11 is 0. The molecule has 2 aromatic heterocycles. The number of hydrogen-bond donors (Lipinski definition) is 2. The molecule has 31 heavy (non-hydrogen) atoms. The third-order valence-electron chi connectivity index (χ3n) is 5.68. The summed E-state index contributed by atoms with van der Waals surface area (Å²) in [4.78, 5) is 12.4. The molecule has 0 spiro atoms. The van der Waals surface area contributed by atoms with Crippen molar-refractivity contribution < 1.29 is 14.6 Å². The Kier molecular flexibility index (Phi) is 6.23. The van der Waals surface area contributed by atoms with Crippen molar-refractivity contribution in [1.82, 2.24) is 4.57 Å². The fourth-order valence-electron chi connectivity index (χ4n) is 4.17. The third-order valence-corrected chi connectivity index (χ3v) is 5.68. The van der Waals surface area contributed by atoms with Gasteiger partial charge < -0.3 is 19.2 Å². The lowest BCUT2D eigenvalue weighted by Gasteiger charge is -2.18. The number of fused-ring (bicyclic) bond motifs is 1. The molecule has 0 aliphatic heterocycles. The Bertz CT molecular complexity index is 1220. The molecular weight excluding hydrogens is 390 g/mol. The molecule has 2 heterocycles. The van der Waals surface area contributed by atoms with Gasteiger partial charge in [-0.1, -0.05) is 68.3 Å². The van der Waals surface area contributed by atoms with Crippen LogP contribution in [0.2, 0.25) is 0 Å². The van der Waals surface area contributed by atoms with Gasteiger partial charge in [-0.3, -0.25) is 4.79 Å². The highest BCUT2D eigenvalue weighted by Crippen LogP contribution is 2.40. The molecule has 0 bridgehead atoms. The van der Waals surface area contributed by atoms with E-state index in [2.05, 4.69) is 29.8 Å². The molecule has 5 heteroatoms. The Morgan fingerprint density at radius 2 is 1.77 bits per heavy atom. The zero-order chi connectivity index (χ0) is 21.8. The van der Waals surface area contributed by atoms with Crippen molar-refractivity contribution in [3.8, 4) is 5.75 Å². The van der Waals surface area contributed by atoms with Gasteiger partial charge in [-0.15, -0.1) is 0 Å². The number of para-hydroxylation sites is 1. The van der Waals surface area contributed by atoms with Crippen LogP contribution in [0, 0.1) is 0 Å². The topological polar surface area (TPSA) is 75.6 Å². The van der Waals surface area contributed by atoms with E-state index in [1.54, 1.807) is 0 Å². The number of benzene rings is 2. The van der Waals surface area contributed by atoms with Crippen LogP contribution in [0.25, 0.3) is 10.9 Å². The lowest BCUT2D eigenvalue weighted by molar-refractivity contribution is 0.235. The molecule has 4 aromatic rings. The number of aromatic hydroxyl groups is 1. The van der Waals surface area contributed by atoms with E-state index in [4.69, 9.17) is 4.42 Å². The first-order valence-electron chi connectivity index (χ1n) is 10.7. The number of aliphatic hydroxyl groups is 1. The van der Waals surface area contributed by atoms with Gasteiger partial charge in [0.1, 0.15) is 12.4 Å². The van der Waals surface area contributed by atoms with E-state index in [1.807, 2.05) is 42.5 Å². The van der Waals surface area contributed by atoms with Crippen LogP contribution < -0.4 is 5.43 Å². The van der Waals surface area contributed by atoms with Crippen LogP contribution in [0.4, 0.5) is 0 Å². The first-order valence-corrected chi connectivity index (χ1v) is 10.7. The highest BCUT2D eigenvalue weighted by atomic mass is 16.4. The largest absolute Gasteiger partial charge is 0.502 e. The molecule has 0 aliphatic rings. The van der Waals surface area contributed by atoms with E-state index in [0.29, 0.717) is 0 Å². The summed E-state index contributed by atoms with van der Waals surface area (Å²) in [6, 6.07) is 19.0. The second kappa shape index (κ2) is 9.23. The van der Waals surface area contributed by atoms with Crippen molar-refractivity contribution in [2.45, 2.75) is 45.3 Å². The van der Waals surface area contributed by atoms with Gasteiger partial charge in [0.2, 0.25) is 11.2 Å². The monoisotopic (exact) mass is 417 g/mol. The average molecular weight is 418 g/mol. The lowest BCUT2D eigenvalue weighted by Crippen LogP contribution is -2.11. The number of aryl methyl sites for hydroxylation is 1. The first-order chi connectivity index (χ1) is 15.1. The van der Waals surface area contributed by atoms with Crippen LogP contribution in [0.1, 0.15) is 54.8 Å². The number of aromatic nitrogens is 1. The Labute approximate surface area is 181 Å². The molecule has 160 valence electrons. The smallest absolute Gasteiger partial charge is 0.227 e. The second-order valence-electron chi connectivity index (χ2n) is 7.79. The van der Waals surface area contributed by atoms with E-state index in [0.717, 1.165) is 53.9 Å². The second-order valence-corrected chi connectivity index (χ2v) is 7.79. The fraction of sp³-hybridized carbons (Fsp3) is 0.269. The van der Waals surface area contributed by atoms with Crippen molar-refractivity contribution in [2.24, 2.45) is 0 Å². The quantitative estimate of drug-likeness (QED) is 0.388. The molecule has 0 aliphatic carbocycles. The molecule has 0 radical (unpaired) electrons. The van der Waals surface area contributed by atoms with Gasteiger partial charge in [-0.2, -0.15) is 0 Å². The molecule has 0 fully saturated rings. The van der Waals surface area contributed by atoms with Crippen molar-refractivity contribution in [2.75, 3.05) is 0 Å². The van der Waals surface area contributed by atoms with Crippen LogP contribution >= 0.6 is 0 Å². The molecule has 1 atom stereocenters. The van der Waals surface area contributed by atoms with Crippen LogP contribution in [0.15, 0.2) is 76.1 Å². The molecule has 1 unspecified atom stereocenters. The molecule has 4 rings (SSSR count). The van der Waals surface area contributed by atoms with E-state index in [-0.39, 0.29) is 11.5 Å². The standard InChI is InChI=1S/C26H27NO4/c1-2-3-9-14-27-16-21(20-12-7-8-13-22(20)27)24(18-10-5-4-6-11-18)26-25(30)23(29)15-19(17-28)31-26/h4-8,10-13,15-16,24,28,30H,2-3,9,14,17H2,1H3. The summed E-state index contributed by atoms with van der Waals surface area (Å²) in [6.45, 7) is 2.66. The lowest BCUT2D eigenvalue weighted by atomic mass is 9.88. The van der Waals surface area contributed by atoms with Crippen LogP contribution in [0.5, 0.6) is 5.75 Å². The first kappa shape index (κ1) is 20.9. The summed E-state index contributed by atoms with van der Waals surface area (Å²) in [7, 11) is 0. The predicted octanol–water partition coefficient (Wildman–Crippen LogP) is 5.16. The minimum absolute atomic E-state index is 0.130. The maximum Gasteiger partial charge on any atom is 0.227 e. The van der Waals surface area contributed by atoms with Crippen LogP contribution in [-0.4, -0.2) is 14.8 Å². The highest BCUT2D eigenvalue weighted by Gasteiger charge is 2.28. The maximum atomic E-state index is 12.4. The van der Waals surface area contributed by atoms with Crippen LogP contribution in [-0.2, 0) is 13.2 Å². The minimum atomic E-state index is -0.557. The van der Waals surface area contributed by atoms with E-state index in [1.165, 1.54) is 0 Å². The minimum Gasteiger partial charge on any atom is -0.502 e. The Morgan fingerprint density at radius 3 is 2.52 bits per heavy atom. The molecule has 0 saturated carbocycles. The van der Waals surface area contributed by atoms with Gasteiger partial charge in [-0.25, -0.2) is 0 Å². The molecule has 5 nitrogen and oxygen atoms in total. The summed E-state index contributed by atoms with van der Waals surface area (Å²) in [5.74, 6) is -0.629. The SMILES string of the molecule is CCCCCn1cc(C(c2ccccc2)c2oc(CO)cc(=O)c2O)c2ccccc21. The highest BCUT2D eigenvalue weighted by molar-refractivity contribution is 5.85. The molecule has 0 amide bonds. The van der Waals surface area contributed by atoms with Gasteiger partial charge in [0.25, 0.3) is 0 Å². The molecule has 2 N–H and O–H groups in total. The van der Waals surface area contributed by atoms with Crippen molar-refractivity contribution >= 4 is 10.9 Å².